The summed E-state index contributed by atoms with van der Waals surface area (Å²) in [6.07, 6.45) is -0.494. The zero-order valence-electron chi connectivity index (χ0n) is 10.3. The van der Waals surface area contributed by atoms with Crippen LogP contribution >= 0.6 is 0 Å². The molecule has 0 aliphatic heterocycles. The Labute approximate surface area is 109 Å². The first-order chi connectivity index (χ1) is 8.88. The maximum atomic E-state index is 12.8. The number of rotatable bonds is 3. The number of hydrogen-bond acceptors (Lipinski definition) is 2. The number of nitrogens with one attached hydrogen (secondary N) is 1. The van der Waals surface area contributed by atoms with Crippen molar-refractivity contribution in [2.75, 3.05) is 0 Å². The Morgan fingerprint density at radius 1 is 1.26 bits per heavy atom. The zero-order valence-corrected chi connectivity index (χ0v) is 10.3. The summed E-state index contributed by atoms with van der Waals surface area (Å²) in [6.45, 7) is 0. The van der Waals surface area contributed by atoms with E-state index in [4.69, 9.17) is 15.9 Å². The molecule has 3 nitrogen and oxygen atoms in total. The summed E-state index contributed by atoms with van der Waals surface area (Å²) in [5.41, 5.74) is 3.98. The van der Waals surface area contributed by atoms with E-state index in [0.717, 1.165) is 31.7 Å². The fourth-order valence-electron chi connectivity index (χ4n) is 2.27. The van der Waals surface area contributed by atoms with Gasteiger partial charge in [-0.25, -0.2) is 0 Å². The van der Waals surface area contributed by atoms with Gasteiger partial charge in [0.05, 0.1) is 11.7 Å². The summed E-state index contributed by atoms with van der Waals surface area (Å²) in [4.78, 5) is 0. The largest absolute Gasteiger partial charge is 0.490 e. The van der Waals surface area contributed by atoms with E-state index < -0.39 is 17.6 Å². The number of halogens is 3. The second-order valence-electron chi connectivity index (χ2n) is 4.64. The third-order valence-electron chi connectivity index (χ3n) is 3.19. The summed E-state index contributed by atoms with van der Waals surface area (Å²) < 4.78 is 43.9. The van der Waals surface area contributed by atoms with Gasteiger partial charge in [-0.05, 0) is 43.9 Å². The normalized spacial score (nSPS) is 16.6. The fraction of sp³-hybridized carbons (Fsp3) is 0.462. The van der Waals surface area contributed by atoms with Crippen LogP contribution in [0.2, 0.25) is 0 Å². The van der Waals surface area contributed by atoms with Crippen molar-refractivity contribution < 1.29 is 17.9 Å². The second-order valence-corrected chi connectivity index (χ2v) is 4.64. The smallest absolute Gasteiger partial charge is 0.417 e. The number of nitrogen functional groups attached to an aromatic ring is 1. The van der Waals surface area contributed by atoms with Crippen molar-refractivity contribution in [1.82, 2.24) is 0 Å². The molecule has 1 aliphatic rings. The third kappa shape index (κ3) is 3.19. The quantitative estimate of drug-likeness (QED) is 0.655. The number of nitrogens with two attached hydrogens (primary N) is 1. The molecular formula is C13H15F3N2O. The highest BCUT2D eigenvalue weighted by Gasteiger charge is 2.34. The van der Waals surface area contributed by atoms with Crippen LogP contribution < -0.4 is 10.5 Å². The van der Waals surface area contributed by atoms with Crippen LogP contribution in [-0.2, 0) is 6.18 Å². The van der Waals surface area contributed by atoms with Crippen LogP contribution in [0.25, 0.3) is 0 Å². The summed E-state index contributed by atoms with van der Waals surface area (Å²) in [5.74, 6) is -0.269. The van der Waals surface area contributed by atoms with Crippen LogP contribution in [0.4, 0.5) is 13.2 Å². The van der Waals surface area contributed by atoms with E-state index in [-0.39, 0.29) is 11.7 Å². The van der Waals surface area contributed by atoms with Crippen LogP contribution in [-0.4, -0.2) is 11.9 Å². The standard InChI is InChI=1S/C13H15F3N2O/c14-13(15,16)11-6-5-9(7-10(11)12(17)18)19-8-3-1-2-4-8/h5-8H,1-4H2,(H3,17,18). The third-order valence-corrected chi connectivity index (χ3v) is 3.19. The monoisotopic (exact) mass is 272 g/mol. The molecule has 0 atom stereocenters. The Morgan fingerprint density at radius 2 is 1.89 bits per heavy atom. The molecule has 0 bridgehead atoms. The lowest BCUT2D eigenvalue weighted by atomic mass is 10.1. The first-order valence-electron chi connectivity index (χ1n) is 6.10. The van der Waals surface area contributed by atoms with Gasteiger partial charge in [-0.2, -0.15) is 13.2 Å². The Bertz CT molecular complexity index is 479. The van der Waals surface area contributed by atoms with Gasteiger partial charge < -0.3 is 10.5 Å². The Kier molecular flexibility index (Phi) is 3.68. The average molecular weight is 272 g/mol. The van der Waals surface area contributed by atoms with E-state index in [1.807, 2.05) is 0 Å². The maximum Gasteiger partial charge on any atom is 0.417 e. The van der Waals surface area contributed by atoms with Gasteiger partial charge in [-0.1, -0.05) is 0 Å². The Balaban J connectivity index is 2.28. The number of amidine groups is 1. The van der Waals surface area contributed by atoms with Gasteiger partial charge in [0, 0.05) is 5.56 Å². The molecule has 0 saturated heterocycles. The van der Waals surface area contributed by atoms with Gasteiger partial charge in [0.15, 0.2) is 0 Å². The van der Waals surface area contributed by atoms with E-state index in [1.54, 1.807) is 0 Å². The first kappa shape index (κ1) is 13.7. The molecule has 1 saturated carbocycles. The SMILES string of the molecule is N=C(N)c1cc(OC2CCCC2)ccc1C(F)(F)F. The highest BCUT2D eigenvalue weighted by Crippen LogP contribution is 2.34. The van der Waals surface area contributed by atoms with E-state index in [0.29, 0.717) is 5.75 Å². The molecule has 0 amide bonds. The highest BCUT2D eigenvalue weighted by atomic mass is 19.4. The minimum absolute atomic E-state index is 0.0524. The van der Waals surface area contributed by atoms with Gasteiger partial charge in [0.25, 0.3) is 0 Å². The lowest BCUT2D eigenvalue weighted by Crippen LogP contribution is -2.19. The molecule has 0 heterocycles. The maximum absolute atomic E-state index is 12.8. The van der Waals surface area contributed by atoms with Gasteiger partial charge >= 0.3 is 6.18 Å². The Morgan fingerprint density at radius 3 is 2.42 bits per heavy atom. The van der Waals surface area contributed by atoms with Gasteiger partial charge in [0.2, 0.25) is 0 Å². The summed E-state index contributed by atoms with van der Waals surface area (Å²) in [5, 5.41) is 7.26. The molecule has 2 rings (SSSR count). The van der Waals surface area contributed by atoms with Crippen LogP contribution in [0, 0.1) is 5.41 Å². The molecule has 0 aromatic heterocycles. The number of alkyl halides is 3. The van der Waals surface area contributed by atoms with Crippen LogP contribution in [0.5, 0.6) is 5.75 Å². The average Bonchev–Trinajstić information content (AvgIpc) is 2.80. The van der Waals surface area contributed by atoms with Gasteiger partial charge in [-0.15, -0.1) is 0 Å². The van der Waals surface area contributed by atoms with E-state index >= 15 is 0 Å². The summed E-state index contributed by atoms with van der Waals surface area (Å²) in [7, 11) is 0. The molecule has 1 aromatic carbocycles. The molecule has 1 aliphatic carbocycles. The van der Waals surface area contributed by atoms with Gasteiger partial charge in [-0.3, -0.25) is 5.41 Å². The number of hydrogen-bond donors (Lipinski definition) is 2. The second kappa shape index (κ2) is 5.11. The molecule has 6 heteroatoms. The van der Waals surface area contributed by atoms with Crippen molar-refractivity contribution in [2.45, 2.75) is 38.0 Å². The van der Waals surface area contributed by atoms with Crippen molar-refractivity contribution in [3.63, 3.8) is 0 Å². The van der Waals surface area contributed by atoms with Gasteiger partial charge in [0.1, 0.15) is 11.6 Å². The minimum atomic E-state index is -4.52. The Hall–Kier alpha value is -1.72. The lowest BCUT2D eigenvalue weighted by Gasteiger charge is -2.16. The summed E-state index contributed by atoms with van der Waals surface area (Å²) in [6, 6.07) is 3.40. The van der Waals surface area contributed by atoms with E-state index in [2.05, 4.69) is 0 Å². The number of benzene rings is 1. The lowest BCUT2D eigenvalue weighted by molar-refractivity contribution is -0.137. The molecule has 19 heavy (non-hydrogen) atoms. The molecule has 0 spiro atoms. The summed E-state index contributed by atoms with van der Waals surface area (Å²) >= 11 is 0. The first-order valence-corrected chi connectivity index (χ1v) is 6.10. The molecule has 0 unspecified atom stereocenters. The molecule has 1 fully saturated rings. The molecule has 104 valence electrons. The van der Waals surface area contributed by atoms with E-state index in [1.165, 1.54) is 12.1 Å². The molecule has 1 aromatic rings. The van der Waals surface area contributed by atoms with Crippen LogP contribution in [0.15, 0.2) is 18.2 Å². The van der Waals surface area contributed by atoms with Crippen LogP contribution in [0.3, 0.4) is 0 Å². The van der Waals surface area contributed by atoms with Crippen molar-refractivity contribution in [3.8, 4) is 5.75 Å². The van der Waals surface area contributed by atoms with Crippen molar-refractivity contribution >= 4 is 5.84 Å². The topological polar surface area (TPSA) is 59.1 Å². The number of ether oxygens (including phenoxy) is 1. The predicted molar refractivity (Wildman–Crippen MR) is 65.3 cm³/mol. The molecule has 3 N–H and O–H groups in total. The molecule has 0 radical (unpaired) electrons. The van der Waals surface area contributed by atoms with Crippen molar-refractivity contribution in [1.29, 1.82) is 5.41 Å². The van der Waals surface area contributed by atoms with Crippen LogP contribution in [0.1, 0.15) is 36.8 Å². The molecular weight excluding hydrogens is 257 g/mol. The van der Waals surface area contributed by atoms with E-state index in [9.17, 15) is 13.2 Å². The zero-order chi connectivity index (χ0) is 14.0. The highest BCUT2D eigenvalue weighted by molar-refractivity contribution is 5.97. The fourth-order valence-corrected chi connectivity index (χ4v) is 2.27. The predicted octanol–water partition coefficient (Wildman–Crippen LogP) is 3.31. The van der Waals surface area contributed by atoms with Crippen molar-refractivity contribution in [2.24, 2.45) is 5.73 Å². The van der Waals surface area contributed by atoms with Crippen molar-refractivity contribution in [3.05, 3.63) is 29.3 Å². The minimum Gasteiger partial charge on any atom is -0.490 e.